The van der Waals surface area contributed by atoms with E-state index in [9.17, 15) is 0 Å². The average Bonchev–Trinajstić information content (AvgIpc) is 2.53. The Balaban J connectivity index is 2.26. The minimum Gasteiger partial charge on any atom is -0.493 e. The van der Waals surface area contributed by atoms with E-state index in [1.165, 1.54) is 12.0 Å². The maximum Gasteiger partial charge on any atom is 0.137 e. The second-order valence-electron chi connectivity index (χ2n) is 4.38. The highest BCUT2D eigenvalue weighted by Gasteiger charge is 2.04. The zero-order valence-electron chi connectivity index (χ0n) is 12.8. The Morgan fingerprint density at radius 2 is 1.95 bits per heavy atom. The highest BCUT2D eigenvalue weighted by molar-refractivity contribution is 9.10. The predicted molar refractivity (Wildman–Crippen MR) is 95.2 cm³/mol. The van der Waals surface area contributed by atoms with Gasteiger partial charge < -0.3 is 18.4 Å². The third kappa shape index (κ3) is 9.04. The van der Waals surface area contributed by atoms with Crippen LogP contribution >= 0.6 is 28.0 Å². The number of hydrogen-bond acceptors (Lipinski definition) is 5. The van der Waals surface area contributed by atoms with E-state index in [-0.39, 0.29) is 0 Å². The van der Waals surface area contributed by atoms with Gasteiger partial charge in [-0.15, -0.1) is 0 Å². The number of methoxy groups -OCH3 is 1. The number of halogens is 1. The lowest BCUT2D eigenvalue weighted by molar-refractivity contribution is 0.172. The summed E-state index contributed by atoms with van der Waals surface area (Å²) in [6.07, 6.45) is 1.96. The van der Waals surface area contributed by atoms with E-state index >= 15 is 0 Å². The molecule has 1 aromatic carbocycles. The molecule has 7 heteroatoms. The van der Waals surface area contributed by atoms with Crippen LogP contribution in [0.4, 0.5) is 0 Å². The summed E-state index contributed by atoms with van der Waals surface area (Å²) in [5.41, 5.74) is 0. The second-order valence-corrected chi connectivity index (χ2v) is 6.62. The molecule has 0 unspecified atom stereocenters. The maximum absolute atomic E-state index is 5.71. The summed E-state index contributed by atoms with van der Waals surface area (Å²) in [4.78, 5) is 0. The first kappa shape index (κ1) is 19.8. The molecule has 0 saturated carbocycles. The van der Waals surface area contributed by atoms with E-state index in [4.69, 9.17) is 18.4 Å². The van der Waals surface area contributed by atoms with Crippen LogP contribution in [-0.4, -0.2) is 49.5 Å². The molecule has 0 aromatic heterocycles. The molecule has 0 aliphatic rings. The van der Waals surface area contributed by atoms with Crippen molar-refractivity contribution in [1.82, 2.24) is 0 Å². The Morgan fingerprint density at radius 1 is 1.09 bits per heavy atom. The van der Waals surface area contributed by atoms with Crippen LogP contribution in [0.15, 0.2) is 22.7 Å². The molecule has 0 aliphatic carbocycles. The predicted octanol–water partition coefficient (Wildman–Crippen LogP) is 3.88. The summed E-state index contributed by atoms with van der Waals surface area (Å²) in [6, 6.07) is 6.72. The Hall–Kier alpha value is -0.213. The molecule has 0 amide bonds. The quantitative estimate of drug-likeness (QED) is 0.282. The number of ether oxygens (including phenoxy) is 3. The second kappa shape index (κ2) is 13.2. The molecule has 0 atom stereocenters. The minimum atomic E-state index is 0.507. The van der Waals surface area contributed by atoms with Crippen LogP contribution in [0.1, 0.15) is 12.8 Å². The van der Waals surface area contributed by atoms with E-state index in [1.807, 2.05) is 18.2 Å². The van der Waals surface area contributed by atoms with Gasteiger partial charge in [-0.3, -0.25) is 0 Å². The fourth-order valence-electron chi connectivity index (χ4n) is 1.51. The Morgan fingerprint density at radius 3 is 2.73 bits per heavy atom. The lowest BCUT2D eigenvalue weighted by Crippen LogP contribution is -2.05. The van der Waals surface area contributed by atoms with Crippen molar-refractivity contribution in [1.29, 1.82) is 0 Å². The smallest absolute Gasteiger partial charge is 0.137 e. The number of hydrogen-bond donors (Lipinski definition) is 0. The van der Waals surface area contributed by atoms with Gasteiger partial charge in [0, 0.05) is 42.2 Å². The lowest BCUT2D eigenvalue weighted by Gasteiger charge is -2.11. The van der Waals surface area contributed by atoms with Crippen molar-refractivity contribution in [2.75, 3.05) is 39.3 Å². The monoisotopic (exact) mass is 405 g/mol. The zero-order valence-corrected chi connectivity index (χ0v) is 16.2. The van der Waals surface area contributed by atoms with Gasteiger partial charge in [-0.05, 0) is 46.5 Å². The third-order valence-electron chi connectivity index (χ3n) is 2.58. The fourth-order valence-corrected chi connectivity index (χ4v) is 2.87. The summed E-state index contributed by atoms with van der Waals surface area (Å²) in [5.74, 6) is 2.54. The molecule has 0 saturated heterocycles. The summed E-state index contributed by atoms with van der Waals surface area (Å²) in [7, 11) is 5.12. The van der Waals surface area contributed by atoms with Crippen LogP contribution in [0.2, 0.25) is 6.04 Å². The van der Waals surface area contributed by atoms with Gasteiger partial charge in [0.25, 0.3) is 0 Å². The highest BCUT2D eigenvalue weighted by Crippen LogP contribution is 2.29. The van der Waals surface area contributed by atoms with E-state index in [0.717, 1.165) is 40.6 Å². The molecule has 1 aromatic rings. The molecule has 0 heterocycles. The maximum atomic E-state index is 5.71. The Kier molecular flexibility index (Phi) is 11.9. The molecule has 123 valence electrons. The van der Waals surface area contributed by atoms with Crippen LogP contribution in [0, 0.1) is 0 Å². The SMILES string of the molecule is COCCCOc1ccc(Br)c(OCCOSCCC[Si])c1. The molecule has 3 radical (unpaired) electrons. The highest BCUT2D eigenvalue weighted by atomic mass is 79.9. The van der Waals surface area contributed by atoms with Gasteiger partial charge in [0.15, 0.2) is 0 Å². The van der Waals surface area contributed by atoms with Crippen molar-refractivity contribution >= 4 is 38.2 Å². The number of rotatable bonds is 13. The number of benzene rings is 1. The Labute approximate surface area is 149 Å². The summed E-state index contributed by atoms with van der Waals surface area (Å²) in [5, 5.41) is 0. The van der Waals surface area contributed by atoms with Crippen molar-refractivity contribution in [3.05, 3.63) is 22.7 Å². The van der Waals surface area contributed by atoms with E-state index in [2.05, 4.69) is 26.2 Å². The van der Waals surface area contributed by atoms with Crippen LogP contribution in [0.25, 0.3) is 0 Å². The largest absolute Gasteiger partial charge is 0.493 e. The molecule has 4 nitrogen and oxygen atoms in total. The van der Waals surface area contributed by atoms with E-state index in [0.29, 0.717) is 26.4 Å². The van der Waals surface area contributed by atoms with Gasteiger partial charge in [-0.1, -0.05) is 6.04 Å². The first-order valence-electron chi connectivity index (χ1n) is 7.21. The van der Waals surface area contributed by atoms with Gasteiger partial charge in [0.05, 0.1) is 17.7 Å². The fraction of sp³-hybridized carbons (Fsp3) is 0.600. The van der Waals surface area contributed by atoms with E-state index in [1.54, 1.807) is 7.11 Å². The average molecular weight is 406 g/mol. The normalized spacial score (nSPS) is 10.7. The third-order valence-corrected chi connectivity index (χ3v) is 4.37. The molecule has 0 N–H and O–H groups in total. The van der Waals surface area contributed by atoms with Crippen molar-refractivity contribution < 1.29 is 18.4 Å². The molecule has 0 spiro atoms. The standard InChI is InChI=1S/C15H22BrO4SSi/c1-17-6-2-7-18-13-4-5-14(16)15(12-13)19-8-9-20-21-10-3-11-22/h4-5,12H,2-3,6-11H2,1H3. The van der Waals surface area contributed by atoms with Gasteiger partial charge in [0.1, 0.15) is 18.1 Å². The summed E-state index contributed by atoms with van der Waals surface area (Å²) in [6.45, 7) is 2.39. The summed E-state index contributed by atoms with van der Waals surface area (Å²) >= 11 is 4.95. The van der Waals surface area contributed by atoms with E-state index < -0.39 is 0 Å². The van der Waals surface area contributed by atoms with Crippen LogP contribution < -0.4 is 9.47 Å². The first-order chi connectivity index (χ1) is 10.8. The molecule has 0 bridgehead atoms. The van der Waals surface area contributed by atoms with Gasteiger partial charge in [0.2, 0.25) is 0 Å². The van der Waals surface area contributed by atoms with Crippen LogP contribution in [0.5, 0.6) is 11.5 Å². The van der Waals surface area contributed by atoms with Crippen molar-refractivity contribution in [2.24, 2.45) is 0 Å². The van der Waals surface area contributed by atoms with Crippen molar-refractivity contribution in [3.8, 4) is 11.5 Å². The minimum absolute atomic E-state index is 0.507. The van der Waals surface area contributed by atoms with Crippen molar-refractivity contribution in [2.45, 2.75) is 18.9 Å². The zero-order chi connectivity index (χ0) is 16.0. The molecule has 1 rings (SSSR count). The van der Waals surface area contributed by atoms with Crippen LogP contribution in [0.3, 0.4) is 0 Å². The van der Waals surface area contributed by atoms with Crippen LogP contribution in [-0.2, 0) is 8.92 Å². The topological polar surface area (TPSA) is 36.9 Å². The molecule has 22 heavy (non-hydrogen) atoms. The summed E-state index contributed by atoms with van der Waals surface area (Å²) < 4.78 is 22.7. The molecular formula is C15H22BrO4SSi. The van der Waals surface area contributed by atoms with Crippen molar-refractivity contribution in [3.63, 3.8) is 0 Å². The molecular weight excluding hydrogens is 384 g/mol. The molecule has 0 aliphatic heterocycles. The Bertz CT molecular complexity index is 409. The van der Waals surface area contributed by atoms with Gasteiger partial charge >= 0.3 is 0 Å². The molecule has 0 fully saturated rings. The van der Waals surface area contributed by atoms with Gasteiger partial charge in [-0.2, -0.15) is 0 Å². The first-order valence-corrected chi connectivity index (χ1v) is 9.62. The van der Waals surface area contributed by atoms with Gasteiger partial charge in [-0.25, -0.2) is 0 Å². The lowest BCUT2D eigenvalue weighted by atomic mass is 10.3.